The topological polar surface area (TPSA) is 8.17 Å². The van der Waals surface area contributed by atoms with Crippen LogP contribution < -0.4 is 25.6 Å². The molecule has 12 aromatic carbocycles. The summed E-state index contributed by atoms with van der Waals surface area (Å²) in [6.07, 6.45) is 0. The van der Waals surface area contributed by atoms with Crippen LogP contribution in [0.3, 0.4) is 0 Å². The van der Waals surface area contributed by atoms with Gasteiger partial charge in [-0.2, -0.15) is 0 Å². The molecule has 0 aliphatic carbocycles. The fraction of sp³-hybridized carbons (Fsp3) is 0. The van der Waals surface area contributed by atoms with Crippen LogP contribution >= 0.6 is 0 Å². The number of hydrogen-bond acceptors (Lipinski definition) is 1. The second kappa shape index (κ2) is 18.8. The first-order valence-electron chi connectivity index (χ1n) is 25.2. The van der Waals surface area contributed by atoms with Crippen LogP contribution in [0, 0.1) is 0 Å². The van der Waals surface area contributed by atoms with Gasteiger partial charge in [-0.1, -0.05) is 231 Å². The molecular formula is C70H50N2Si. The van der Waals surface area contributed by atoms with Gasteiger partial charge in [0.05, 0.1) is 11.0 Å². The fourth-order valence-corrected chi connectivity index (χ4v) is 16.2. The van der Waals surface area contributed by atoms with Gasteiger partial charge in [0.25, 0.3) is 0 Å². The normalized spacial score (nSPS) is 11.6. The summed E-state index contributed by atoms with van der Waals surface area (Å²) in [5, 5.41) is 10.3. The van der Waals surface area contributed by atoms with Crippen LogP contribution in [-0.2, 0) is 0 Å². The maximum atomic E-state index is 2.47. The third-order valence-corrected chi connectivity index (χ3v) is 19.5. The highest BCUT2D eigenvalue weighted by Crippen LogP contribution is 2.42. The lowest BCUT2D eigenvalue weighted by Crippen LogP contribution is -2.74. The summed E-state index contributed by atoms with van der Waals surface area (Å²) >= 11 is 0. The molecule has 0 radical (unpaired) electrons. The minimum absolute atomic E-state index is 1.08. The third-order valence-electron chi connectivity index (χ3n) is 14.7. The fourth-order valence-electron chi connectivity index (χ4n) is 11.4. The lowest BCUT2D eigenvalue weighted by molar-refractivity contribution is 1.18. The molecule has 13 rings (SSSR count). The zero-order valence-corrected chi connectivity index (χ0v) is 41.3. The summed E-state index contributed by atoms with van der Waals surface area (Å²) in [6.45, 7) is 0. The number of rotatable bonds is 11. The number of aromatic nitrogens is 1. The molecule has 0 N–H and O–H groups in total. The molecule has 344 valence electrons. The van der Waals surface area contributed by atoms with E-state index in [1.165, 1.54) is 86.7 Å². The summed E-state index contributed by atoms with van der Waals surface area (Å²) in [4.78, 5) is 2.44. The molecule has 0 aliphatic rings. The molecule has 1 heterocycles. The highest BCUT2D eigenvalue weighted by Gasteiger charge is 2.41. The van der Waals surface area contributed by atoms with Crippen molar-refractivity contribution in [3.05, 3.63) is 303 Å². The molecular weight excluding hydrogens is 897 g/mol. The van der Waals surface area contributed by atoms with Gasteiger partial charge < -0.3 is 9.47 Å². The van der Waals surface area contributed by atoms with Crippen molar-refractivity contribution in [2.45, 2.75) is 0 Å². The van der Waals surface area contributed by atoms with Crippen molar-refractivity contribution < 1.29 is 0 Å². The Kier molecular flexibility index (Phi) is 11.3. The molecule has 0 unspecified atom stereocenters. The first-order valence-corrected chi connectivity index (χ1v) is 27.2. The van der Waals surface area contributed by atoms with Gasteiger partial charge in [-0.15, -0.1) is 0 Å². The molecule has 0 fully saturated rings. The molecule has 73 heavy (non-hydrogen) atoms. The Morgan fingerprint density at radius 3 is 1.26 bits per heavy atom. The number of nitrogens with zero attached hydrogens (tertiary/aromatic N) is 2. The molecule has 0 saturated carbocycles. The quantitative estimate of drug-likeness (QED) is 0.0926. The molecule has 3 heteroatoms. The lowest BCUT2D eigenvalue weighted by Gasteiger charge is -2.35. The van der Waals surface area contributed by atoms with Gasteiger partial charge in [0.1, 0.15) is 0 Å². The highest BCUT2D eigenvalue weighted by atomic mass is 28.3. The van der Waals surface area contributed by atoms with Crippen LogP contribution in [0.15, 0.2) is 303 Å². The summed E-state index contributed by atoms with van der Waals surface area (Å²) < 4.78 is 2.39. The van der Waals surface area contributed by atoms with E-state index >= 15 is 0 Å². The van der Waals surface area contributed by atoms with Crippen LogP contribution in [-0.4, -0.2) is 12.6 Å². The Balaban J connectivity index is 0.991. The van der Waals surface area contributed by atoms with E-state index < -0.39 is 8.07 Å². The summed E-state index contributed by atoms with van der Waals surface area (Å²) in [7, 11) is -2.85. The zero-order chi connectivity index (χ0) is 48.6. The van der Waals surface area contributed by atoms with Crippen LogP contribution in [0.4, 0.5) is 17.1 Å². The molecule has 0 saturated heterocycles. The lowest BCUT2D eigenvalue weighted by atomic mass is 9.91. The Bertz CT molecular complexity index is 3940. The maximum absolute atomic E-state index is 2.85. The van der Waals surface area contributed by atoms with E-state index in [1.54, 1.807) is 0 Å². The van der Waals surface area contributed by atoms with Crippen molar-refractivity contribution in [3.63, 3.8) is 0 Å². The van der Waals surface area contributed by atoms with Gasteiger partial charge in [0, 0.05) is 33.5 Å². The van der Waals surface area contributed by atoms with E-state index in [2.05, 4.69) is 313 Å². The average Bonchev–Trinajstić information content (AvgIpc) is 3.82. The largest absolute Gasteiger partial charge is 0.311 e. The minimum atomic E-state index is -2.85. The van der Waals surface area contributed by atoms with Crippen LogP contribution in [0.1, 0.15) is 0 Å². The second-order valence-corrected chi connectivity index (χ2v) is 22.6. The summed E-state index contributed by atoms with van der Waals surface area (Å²) in [6, 6.07) is 112. The van der Waals surface area contributed by atoms with Crippen molar-refractivity contribution in [2.75, 3.05) is 4.90 Å². The SMILES string of the molecule is c1ccc(-c2cc3ccccc3cc2-c2ccc(N(c3ccc(-c4cccc5c4c4ccccc4n5-c4ccccc4)cc3)c3cccc([Si](c4ccccc4)(c4ccccc4)c4ccccc4)c3)cc2)cc1. The van der Waals surface area contributed by atoms with Crippen molar-refractivity contribution >= 4 is 78.5 Å². The van der Waals surface area contributed by atoms with E-state index in [1.807, 2.05) is 0 Å². The number of hydrogen-bond donors (Lipinski definition) is 0. The van der Waals surface area contributed by atoms with E-state index in [9.17, 15) is 0 Å². The van der Waals surface area contributed by atoms with Crippen LogP contribution in [0.25, 0.3) is 71.6 Å². The molecule has 13 aromatic rings. The number of anilines is 3. The number of fused-ring (bicyclic) bond motifs is 4. The molecule has 0 spiro atoms. The highest BCUT2D eigenvalue weighted by molar-refractivity contribution is 7.19. The molecule has 0 bridgehead atoms. The Morgan fingerprint density at radius 1 is 0.274 bits per heavy atom. The zero-order valence-electron chi connectivity index (χ0n) is 40.3. The van der Waals surface area contributed by atoms with Gasteiger partial charge in [0.15, 0.2) is 8.07 Å². The van der Waals surface area contributed by atoms with E-state index in [0.717, 1.165) is 22.7 Å². The monoisotopic (exact) mass is 946 g/mol. The number of benzene rings is 12. The predicted octanol–water partition coefficient (Wildman–Crippen LogP) is 15.8. The molecule has 2 nitrogen and oxygen atoms in total. The van der Waals surface area contributed by atoms with Crippen molar-refractivity contribution in [2.24, 2.45) is 0 Å². The second-order valence-electron chi connectivity index (χ2n) is 18.8. The van der Waals surface area contributed by atoms with Crippen LogP contribution in [0.2, 0.25) is 0 Å². The minimum Gasteiger partial charge on any atom is -0.311 e. The average molecular weight is 947 g/mol. The van der Waals surface area contributed by atoms with Gasteiger partial charge in [0.2, 0.25) is 0 Å². The summed E-state index contributed by atoms with van der Waals surface area (Å²) in [5.41, 5.74) is 14.0. The first-order chi connectivity index (χ1) is 36.2. The van der Waals surface area contributed by atoms with Crippen LogP contribution in [0.5, 0.6) is 0 Å². The van der Waals surface area contributed by atoms with Crippen molar-refractivity contribution in [1.29, 1.82) is 0 Å². The first kappa shape index (κ1) is 43.7. The van der Waals surface area contributed by atoms with E-state index in [0.29, 0.717) is 0 Å². The molecule has 1 aromatic heterocycles. The third kappa shape index (κ3) is 7.75. The predicted molar refractivity (Wildman–Crippen MR) is 313 cm³/mol. The number of para-hydroxylation sites is 2. The summed E-state index contributed by atoms with van der Waals surface area (Å²) in [5.74, 6) is 0. The Morgan fingerprint density at radius 2 is 0.699 bits per heavy atom. The molecule has 0 amide bonds. The van der Waals surface area contributed by atoms with E-state index in [-0.39, 0.29) is 0 Å². The standard InChI is InChI=1S/C70H50N2Si/c1-6-22-51(23-7-1)66-48-54-24-16-17-25-55(54)49-67(66)53-42-46-58(47-43-53)71(59-28-20-35-63(50-59)73(60-29-10-3-11-30-60,61-31-12-4-13-32-61)62-33-14-5-15-34-62)57-44-40-52(41-45-57)64-37-21-39-69-70(64)65-36-18-19-38-68(65)72(69)56-26-8-2-9-27-56/h1-50H. The van der Waals surface area contributed by atoms with Gasteiger partial charge in [-0.25, -0.2) is 0 Å². The van der Waals surface area contributed by atoms with Gasteiger partial charge in [-0.05, 0) is 138 Å². The van der Waals surface area contributed by atoms with Gasteiger partial charge >= 0.3 is 0 Å². The molecule has 0 aliphatic heterocycles. The van der Waals surface area contributed by atoms with Crippen molar-refractivity contribution in [3.8, 4) is 39.1 Å². The Hall–Kier alpha value is -9.28. The Labute approximate surface area is 428 Å². The smallest absolute Gasteiger partial charge is 0.179 e. The maximum Gasteiger partial charge on any atom is 0.179 e. The van der Waals surface area contributed by atoms with Crippen molar-refractivity contribution in [1.82, 2.24) is 4.57 Å². The molecule has 0 atom stereocenters. The van der Waals surface area contributed by atoms with E-state index in [4.69, 9.17) is 0 Å². The van der Waals surface area contributed by atoms with Gasteiger partial charge in [-0.3, -0.25) is 0 Å².